The molecule has 9 nitrogen and oxygen atoms in total. The van der Waals surface area contributed by atoms with Crippen LogP contribution in [0.5, 0.6) is 0 Å². The van der Waals surface area contributed by atoms with Crippen molar-refractivity contribution >= 4 is 43.2 Å². The molecule has 1 N–H and O–H groups in total. The summed E-state index contributed by atoms with van der Waals surface area (Å²) in [6.45, 7) is -0.351. The van der Waals surface area contributed by atoms with Crippen molar-refractivity contribution in [3.05, 3.63) is 11.7 Å². The van der Waals surface area contributed by atoms with Crippen LogP contribution in [0.2, 0.25) is 0 Å². The van der Waals surface area contributed by atoms with Crippen molar-refractivity contribution in [2.24, 2.45) is 0 Å². The van der Waals surface area contributed by atoms with Crippen molar-refractivity contribution in [1.82, 2.24) is 0 Å². The van der Waals surface area contributed by atoms with E-state index in [-0.39, 0.29) is 30.8 Å². The Morgan fingerprint density at radius 3 is 2.22 bits per heavy atom. The second kappa shape index (κ2) is 10.4. The van der Waals surface area contributed by atoms with Crippen LogP contribution >= 0.6 is 25.3 Å². The number of aliphatic hydroxyl groups is 1. The summed E-state index contributed by atoms with van der Waals surface area (Å²) in [7, 11) is 0. The molecule has 0 bridgehead atoms. The molecule has 23 heavy (non-hydrogen) atoms. The van der Waals surface area contributed by atoms with Gasteiger partial charge in [-0.15, -0.1) is 0 Å². The smallest absolute Gasteiger partial charge is 0.382 e. The Morgan fingerprint density at radius 1 is 1.09 bits per heavy atom. The Kier molecular flexibility index (Phi) is 8.84. The Labute approximate surface area is 142 Å². The fourth-order valence-corrected chi connectivity index (χ4v) is 1.26. The molecule has 0 spiro atoms. The summed E-state index contributed by atoms with van der Waals surface area (Å²) in [6.07, 6.45) is -0.220. The summed E-state index contributed by atoms with van der Waals surface area (Å²) in [5.41, 5.74) is 0. The molecule has 0 aromatic rings. The molecule has 1 saturated heterocycles. The van der Waals surface area contributed by atoms with Crippen LogP contribution in [-0.2, 0) is 38.1 Å². The molecule has 11 heteroatoms. The zero-order valence-electron chi connectivity index (χ0n) is 11.9. The van der Waals surface area contributed by atoms with Gasteiger partial charge in [-0.25, -0.2) is 4.79 Å². The quantitative estimate of drug-likeness (QED) is 0.112. The maximum Gasteiger partial charge on any atom is 0.382 e. The predicted octanol–water partition coefficient (Wildman–Crippen LogP) is -0.948. The molecular weight excluding hydrogens is 352 g/mol. The summed E-state index contributed by atoms with van der Waals surface area (Å²) in [4.78, 5) is 34.7. The van der Waals surface area contributed by atoms with Gasteiger partial charge in [0.2, 0.25) is 0 Å². The maximum atomic E-state index is 12.0. The van der Waals surface area contributed by atoms with Crippen LogP contribution < -0.4 is 0 Å². The van der Waals surface area contributed by atoms with Crippen LogP contribution in [0.25, 0.3) is 0 Å². The van der Waals surface area contributed by atoms with Gasteiger partial charge in [0.25, 0.3) is 5.76 Å². The van der Waals surface area contributed by atoms with Gasteiger partial charge in [0.1, 0.15) is 19.3 Å². The van der Waals surface area contributed by atoms with Gasteiger partial charge >= 0.3 is 23.9 Å². The zero-order valence-corrected chi connectivity index (χ0v) is 13.7. The highest BCUT2D eigenvalue weighted by Gasteiger charge is 2.30. The molecule has 0 aromatic carbocycles. The first kappa shape index (κ1) is 19.6. The number of hydrogen-bond acceptors (Lipinski definition) is 11. The Hall–Kier alpha value is -1.43. The van der Waals surface area contributed by atoms with Crippen LogP contribution in [0, 0.1) is 0 Å². The first-order valence-electron chi connectivity index (χ1n) is 6.41. The average molecular weight is 368 g/mol. The summed E-state index contributed by atoms with van der Waals surface area (Å²) in [5, 5.41) is 8.78. The van der Waals surface area contributed by atoms with Crippen molar-refractivity contribution in [2.45, 2.75) is 6.10 Å². The van der Waals surface area contributed by atoms with Crippen molar-refractivity contribution < 1.29 is 43.2 Å². The first-order valence-corrected chi connectivity index (χ1v) is 7.68. The van der Waals surface area contributed by atoms with Gasteiger partial charge in [0, 0.05) is 0 Å². The molecule has 1 heterocycles. The van der Waals surface area contributed by atoms with E-state index in [0.29, 0.717) is 6.61 Å². The lowest BCUT2D eigenvalue weighted by molar-refractivity contribution is -0.155. The summed E-state index contributed by atoms with van der Waals surface area (Å²) in [6, 6.07) is 0. The third kappa shape index (κ3) is 7.59. The summed E-state index contributed by atoms with van der Waals surface area (Å²) in [5.74, 6) is -4.95. The first-order chi connectivity index (χ1) is 11.0. The highest BCUT2D eigenvalue weighted by molar-refractivity contribution is 7.81. The maximum absolute atomic E-state index is 12.0. The normalized spacial score (nSPS) is 16.9. The molecule has 1 atom stereocenters. The van der Waals surface area contributed by atoms with Gasteiger partial charge in [0.15, 0.2) is 0 Å². The Bertz CT molecular complexity index is 473. The third-order valence-electron chi connectivity index (χ3n) is 2.18. The highest BCUT2D eigenvalue weighted by atomic mass is 32.1. The lowest BCUT2D eigenvalue weighted by Gasteiger charge is -2.14. The molecule has 0 amide bonds. The van der Waals surface area contributed by atoms with Crippen molar-refractivity contribution in [2.75, 3.05) is 37.9 Å². The summed E-state index contributed by atoms with van der Waals surface area (Å²) < 4.78 is 24.2. The predicted molar refractivity (Wildman–Crippen MR) is 80.7 cm³/mol. The van der Waals surface area contributed by atoms with E-state index in [1.807, 2.05) is 0 Å². The molecular formula is C12H16O9S2. The standard InChI is InChI=1S/C12H16O9S2/c13-1-2-17-12(21-9(15)6-23)10(20-8(14)5-22)11(16)19-4-7-3-18-7/h7,13,22-23H,1-6H2. The van der Waals surface area contributed by atoms with Crippen LogP contribution in [0.1, 0.15) is 0 Å². The van der Waals surface area contributed by atoms with Gasteiger partial charge < -0.3 is 28.8 Å². The van der Waals surface area contributed by atoms with E-state index < -0.39 is 36.2 Å². The molecule has 0 aromatic heterocycles. The van der Waals surface area contributed by atoms with E-state index in [4.69, 9.17) is 28.8 Å². The van der Waals surface area contributed by atoms with E-state index in [1.54, 1.807) is 0 Å². The number of carbonyl (C=O) groups is 3. The fourth-order valence-electron chi connectivity index (χ4n) is 1.13. The topological polar surface area (TPSA) is 121 Å². The van der Waals surface area contributed by atoms with E-state index >= 15 is 0 Å². The second-order valence-electron chi connectivity index (χ2n) is 4.01. The van der Waals surface area contributed by atoms with Crippen LogP contribution in [0.4, 0.5) is 0 Å². The number of thiol groups is 2. The van der Waals surface area contributed by atoms with E-state index in [2.05, 4.69) is 25.3 Å². The van der Waals surface area contributed by atoms with E-state index in [0.717, 1.165) is 0 Å². The SMILES string of the molecule is O=C(CS)OC(OCCO)=C(OC(=O)CS)C(=O)OCC1CO1. The van der Waals surface area contributed by atoms with Gasteiger partial charge in [0.05, 0.1) is 24.7 Å². The average Bonchev–Trinajstić information content (AvgIpc) is 3.38. The van der Waals surface area contributed by atoms with Crippen molar-refractivity contribution in [3.8, 4) is 0 Å². The highest BCUT2D eigenvalue weighted by Crippen LogP contribution is 2.16. The molecule has 1 aliphatic rings. The largest absolute Gasteiger partial charge is 0.460 e. The number of hydrogen-bond donors (Lipinski definition) is 3. The lowest BCUT2D eigenvalue weighted by atomic mass is 10.5. The van der Waals surface area contributed by atoms with Crippen LogP contribution in [0.15, 0.2) is 11.7 Å². The van der Waals surface area contributed by atoms with Gasteiger partial charge in [-0.2, -0.15) is 25.3 Å². The zero-order chi connectivity index (χ0) is 17.2. The minimum absolute atomic E-state index is 0.0610. The lowest BCUT2D eigenvalue weighted by Crippen LogP contribution is -2.22. The van der Waals surface area contributed by atoms with Crippen molar-refractivity contribution in [1.29, 1.82) is 0 Å². The van der Waals surface area contributed by atoms with Crippen LogP contribution in [0.3, 0.4) is 0 Å². The molecule has 1 rings (SSSR count). The molecule has 0 saturated carbocycles. The summed E-state index contributed by atoms with van der Waals surface area (Å²) >= 11 is 7.42. The molecule has 1 unspecified atom stereocenters. The molecule has 0 aliphatic carbocycles. The fraction of sp³-hybridized carbons (Fsp3) is 0.583. The number of epoxide rings is 1. The second-order valence-corrected chi connectivity index (χ2v) is 4.64. The Morgan fingerprint density at radius 2 is 1.70 bits per heavy atom. The molecule has 1 fully saturated rings. The number of esters is 3. The molecule has 0 radical (unpaired) electrons. The monoisotopic (exact) mass is 368 g/mol. The Balaban J connectivity index is 2.95. The van der Waals surface area contributed by atoms with E-state index in [9.17, 15) is 14.4 Å². The molecule has 1 aliphatic heterocycles. The number of carbonyl (C=O) groups excluding carboxylic acids is 3. The van der Waals surface area contributed by atoms with Gasteiger partial charge in [-0.05, 0) is 0 Å². The number of ether oxygens (including phenoxy) is 5. The van der Waals surface area contributed by atoms with E-state index in [1.165, 1.54) is 0 Å². The van der Waals surface area contributed by atoms with Crippen LogP contribution in [-0.4, -0.2) is 67.1 Å². The number of aliphatic hydroxyl groups excluding tert-OH is 1. The third-order valence-corrected chi connectivity index (χ3v) is 2.69. The van der Waals surface area contributed by atoms with Crippen molar-refractivity contribution in [3.63, 3.8) is 0 Å². The molecule has 130 valence electrons. The minimum Gasteiger partial charge on any atom is -0.460 e. The minimum atomic E-state index is -1.09. The number of rotatable bonds is 10. The van der Waals surface area contributed by atoms with Gasteiger partial charge in [-0.1, -0.05) is 0 Å². The van der Waals surface area contributed by atoms with Gasteiger partial charge in [-0.3, -0.25) is 9.59 Å².